The maximum absolute atomic E-state index is 12.3. The number of aromatic nitrogens is 4. The van der Waals surface area contributed by atoms with Crippen LogP contribution >= 0.6 is 0 Å². The molecule has 4 aromatic rings. The Morgan fingerprint density at radius 2 is 2.19 bits per heavy atom. The number of aromatic amines is 1. The van der Waals surface area contributed by atoms with Crippen molar-refractivity contribution in [3.05, 3.63) is 71.9 Å². The largest absolute Gasteiger partial charge is 0.463 e. The molecule has 0 fully saturated rings. The smallest absolute Gasteiger partial charge is 0.226 e. The first kappa shape index (κ1) is 15.6. The molecule has 7 heteroatoms. The van der Waals surface area contributed by atoms with Crippen LogP contribution in [0.1, 0.15) is 29.2 Å². The molecule has 27 heavy (non-hydrogen) atoms. The minimum atomic E-state index is -0.162. The zero-order valence-corrected chi connectivity index (χ0v) is 14.6. The van der Waals surface area contributed by atoms with Gasteiger partial charge in [0.15, 0.2) is 11.6 Å². The standard InChI is InChI=1S/C20H17N5O2/c1-12-6-7-21-16(10-12)25-8-2-4-14(25)13-11-17(26)22-20-18(13)19(23-24-20)15-5-3-9-27-15/h2-10,13H,11H2,1H3,(H2,22,23,24,26). The van der Waals surface area contributed by atoms with Gasteiger partial charge in [-0.15, -0.1) is 0 Å². The Hall–Kier alpha value is -3.61. The van der Waals surface area contributed by atoms with Gasteiger partial charge < -0.3 is 14.3 Å². The number of pyridine rings is 1. The lowest BCUT2D eigenvalue weighted by molar-refractivity contribution is -0.116. The molecule has 0 aliphatic carbocycles. The Labute approximate surface area is 155 Å². The highest BCUT2D eigenvalue weighted by Crippen LogP contribution is 2.42. The molecule has 0 saturated heterocycles. The number of H-pyrrole nitrogens is 1. The van der Waals surface area contributed by atoms with Gasteiger partial charge in [-0.1, -0.05) is 0 Å². The molecule has 2 N–H and O–H groups in total. The molecule has 1 atom stereocenters. The second-order valence-corrected chi connectivity index (χ2v) is 6.64. The average molecular weight is 359 g/mol. The second kappa shape index (κ2) is 5.98. The second-order valence-electron chi connectivity index (χ2n) is 6.64. The van der Waals surface area contributed by atoms with Crippen molar-refractivity contribution in [3.63, 3.8) is 0 Å². The van der Waals surface area contributed by atoms with Crippen molar-refractivity contribution >= 4 is 11.7 Å². The van der Waals surface area contributed by atoms with Gasteiger partial charge in [0.2, 0.25) is 5.91 Å². The molecule has 0 saturated carbocycles. The molecule has 1 aliphatic rings. The van der Waals surface area contributed by atoms with E-state index < -0.39 is 0 Å². The van der Waals surface area contributed by atoms with Crippen molar-refractivity contribution in [2.75, 3.05) is 5.32 Å². The van der Waals surface area contributed by atoms with Gasteiger partial charge in [0.1, 0.15) is 11.5 Å². The quantitative estimate of drug-likeness (QED) is 0.584. The molecule has 5 rings (SSSR count). The molecule has 4 aromatic heterocycles. The van der Waals surface area contributed by atoms with Crippen molar-refractivity contribution in [1.29, 1.82) is 0 Å². The highest BCUT2D eigenvalue weighted by molar-refractivity contribution is 5.95. The Balaban J connectivity index is 1.67. The van der Waals surface area contributed by atoms with E-state index in [-0.39, 0.29) is 11.8 Å². The van der Waals surface area contributed by atoms with E-state index >= 15 is 0 Å². The van der Waals surface area contributed by atoms with Gasteiger partial charge in [-0.25, -0.2) is 4.98 Å². The monoisotopic (exact) mass is 359 g/mol. The molecule has 1 amide bonds. The van der Waals surface area contributed by atoms with Crippen molar-refractivity contribution in [1.82, 2.24) is 19.7 Å². The fraction of sp³-hybridized carbons (Fsp3) is 0.150. The van der Waals surface area contributed by atoms with Crippen LogP contribution in [0.25, 0.3) is 17.3 Å². The summed E-state index contributed by atoms with van der Waals surface area (Å²) in [6.45, 7) is 2.03. The number of hydrogen-bond donors (Lipinski definition) is 2. The van der Waals surface area contributed by atoms with E-state index in [4.69, 9.17) is 4.42 Å². The zero-order chi connectivity index (χ0) is 18.4. The number of anilines is 1. The van der Waals surface area contributed by atoms with Gasteiger partial charge in [0, 0.05) is 36.0 Å². The lowest BCUT2D eigenvalue weighted by Gasteiger charge is -2.24. The number of carbonyl (C=O) groups is 1. The van der Waals surface area contributed by atoms with Crippen LogP contribution < -0.4 is 5.32 Å². The summed E-state index contributed by atoms with van der Waals surface area (Å²) < 4.78 is 7.59. The summed E-state index contributed by atoms with van der Waals surface area (Å²) in [5.41, 5.74) is 3.82. The summed E-state index contributed by atoms with van der Waals surface area (Å²) in [6.07, 6.45) is 5.71. The average Bonchev–Trinajstić information content (AvgIpc) is 3.40. The maximum atomic E-state index is 12.3. The SMILES string of the molecule is Cc1ccnc(-n2cccc2C2CC(=O)Nc3n[nH]c(-c4ccco4)c32)c1. The van der Waals surface area contributed by atoms with E-state index in [2.05, 4.69) is 20.5 Å². The molecule has 0 spiro atoms. The van der Waals surface area contributed by atoms with Gasteiger partial charge in [0.25, 0.3) is 0 Å². The number of nitrogens with one attached hydrogen (secondary N) is 2. The molecule has 0 radical (unpaired) electrons. The lowest BCUT2D eigenvalue weighted by atomic mass is 9.88. The van der Waals surface area contributed by atoms with Gasteiger partial charge in [-0.3, -0.25) is 9.89 Å². The van der Waals surface area contributed by atoms with Gasteiger partial charge >= 0.3 is 0 Å². The zero-order valence-electron chi connectivity index (χ0n) is 14.6. The number of fused-ring (bicyclic) bond motifs is 1. The summed E-state index contributed by atoms with van der Waals surface area (Å²) in [4.78, 5) is 16.8. The minimum absolute atomic E-state index is 0.0602. The molecule has 134 valence electrons. The first-order chi connectivity index (χ1) is 13.2. The van der Waals surface area contributed by atoms with E-state index in [0.717, 1.165) is 28.3 Å². The van der Waals surface area contributed by atoms with E-state index in [1.807, 2.05) is 54.1 Å². The summed E-state index contributed by atoms with van der Waals surface area (Å²) in [5.74, 6) is 1.84. The van der Waals surface area contributed by atoms with Crippen LogP contribution in [0.4, 0.5) is 5.82 Å². The van der Waals surface area contributed by atoms with Crippen LogP contribution in [0.2, 0.25) is 0 Å². The fourth-order valence-electron chi connectivity index (χ4n) is 3.66. The van der Waals surface area contributed by atoms with Crippen LogP contribution in [0.3, 0.4) is 0 Å². The number of nitrogens with zero attached hydrogens (tertiary/aromatic N) is 3. The van der Waals surface area contributed by atoms with Gasteiger partial charge in [-0.2, -0.15) is 5.10 Å². The third-order valence-electron chi connectivity index (χ3n) is 4.85. The van der Waals surface area contributed by atoms with Crippen LogP contribution in [-0.2, 0) is 4.79 Å². The predicted molar refractivity (Wildman–Crippen MR) is 99.7 cm³/mol. The summed E-state index contributed by atoms with van der Waals surface area (Å²) in [7, 11) is 0. The molecule has 5 heterocycles. The molecular formula is C20H17N5O2. The number of carbonyl (C=O) groups excluding carboxylic acids is 1. The van der Waals surface area contributed by atoms with Crippen LogP contribution in [0.5, 0.6) is 0 Å². The summed E-state index contributed by atoms with van der Waals surface area (Å²) in [5, 5.41) is 10.2. The van der Waals surface area contributed by atoms with E-state index in [1.165, 1.54) is 0 Å². The van der Waals surface area contributed by atoms with E-state index in [9.17, 15) is 4.79 Å². The predicted octanol–water partition coefficient (Wildman–Crippen LogP) is 3.64. The fourth-order valence-corrected chi connectivity index (χ4v) is 3.66. The minimum Gasteiger partial charge on any atom is -0.463 e. The Bertz CT molecular complexity index is 1120. The third-order valence-corrected chi connectivity index (χ3v) is 4.85. The first-order valence-corrected chi connectivity index (χ1v) is 8.73. The van der Waals surface area contributed by atoms with Crippen LogP contribution in [0, 0.1) is 6.92 Å². The van der Waals surface area contributed by atoms with E-state index in [1.54, 1.807) is 12.5 Å². The molecule has 1 aliphatic heterocycles. The maximum Gasteiger partial charge on any atom is 0.226 e. The lowest BCUT2D eigenvalue weighted by Crippen LogP contribution is -2.24. The Kier molecular flexibility index (Phi) is 3.46. The summed E-state index contributed by atoms with van der Waals surface area (Å²) >= 11 is 0. The Morgan fingerprint density at radius 1 is 1.26 bits per heavy atom. The highest BCUT2D eigenvalue weighted by Gasteiger charge is 2.34. The number of rotatable bonds is 3. The normalized spacial score (nSPS) is 16.2. The number of aryl methyl sites for hydroxylation is 1. The first-order valence-electron chi connectivity index (χ1n) is 8.73. The molecule has 0 aromatic carbocycles. The number of furan rings is 1. The van der Waals surface area contributed by atoms with Crippen molar-refractivity contribution in [2.24, 2.45) is 0 Å². The molecular weight excluding hydrogens is 342 g/mol. The van der Waals surface area contributed by atoms with E-state index in [0.29, 0.717) is 18.0 Å². The molecule has 7 nitrogen and oxygen atoms in total. The Morgan fingerprint density at radius 3 is 3.00 bits per heavy atom. The van der Waals surface area contributed by atoms with Crippen molar-refractivity contribution in [2.45, 2.75) is 19.3 Å². The van der Waals surface area contributed by atoms with Crippen LogP contribution in [-0.4, -0.2) is 25.7 Å². The topological polar surface area (TPSA) is 88.7 Å². The van der Waals surface area contributed by atoms with Crippen LogP contribution in [0.15, 0.2) is 59.5 Å². The third kappa shape index (κ3) is 2.55. The number of hydrogen-bond acceptors (Lipinski definition) is 4. The highest BCUT2D eigenvalue weighted by atomic mass is 16.3. The molecule has 0 bridgehead atoms. The van der Waals surface area contributed by atoms with Gasteiger partial charge in [-0.05, 0) is 48.9 Å². The van der Waals surface area contributed by atoms with Gasteiger partial charge in [0.05, 0.1) is 6.26 Å². The summed E-state index contributed by atoms with van der Waals surface area (Å²) in [6, 6.07) is 11.7. The van der Waals surface area contributed by atoms with Crippen molar-refractivity contribution < 1.29 is 9.21 Å². The number of amides is 1. The van der Waals surface area contributed by atoms with Crippen molar-refractivity contribution in [3.8, 4) is 17.3 Å². The molecule has 1 unspecified atom stereocenters.